The first-order valence-electron chi connectivity index (χ1n) is 6.93. The zero-order valence-electron chi connectivity index (χ0n) is 12.3. The summed E-state index contributed by atoms with van der Waals surface area (Å²) in [5.41, 5.74) is 1.22. The third kappa shape index (κ3) is 2.58. The molecule has 4 heteroatoms. The second kappa shape index (κ2) is 5.43. The number of allylic oxidation sites excluding steroid dienone is 1. The Morgan fingerprint density at radius 3 is 2.19 bits per heavy atom. The van der Waals surface area contributed by atoms with E-state index in [-0.39, 0.29) is 23.2 Å². The molecule has 2 unspecified atom stereocenters. The summed E-state index contributed by atoms with van der Waals surface area (Å²) in [6.07, 6.45) is 2.26. The highest BCUT2D eigenvalue weighted by atomic mass is 32.1. The van der Waals surface area contributed by atoms with Gasteiger partial charge in [0.1, 0.15) is 0 Å². The fourth-order valence-corrected chi connectivity index (χ4v) is 4.49. The first kappa shape index (κ1) is 14.5. The van der Waals surface area contributed by atoms with Crippen molar-refractivity contribution in [3.63, 3.8) is 0 Å². The minimum Gasteiger partial charge on any atom is -0.469 e. The van der Waals surface area contributed by atoms with E-state index in [4.69, 9.17) is 4.74 Å². The molecule has 0 aromatic carbocycles. The lowest BCUT2D eigenvalue weighted by Gasteiger charge is -2.04. The lowest BCUT2D eigenvalue weighted by molar-refractivity contribution is -0.143. The van der Waals surface area contributed by atoms with Gasteiger partial charge in [-0.15, -0.1) is 22.7 Å². The van der Waals surface area contributed by atoms with Crippen LogP contribution in [0.4, 0.5) is 0 Å². The smallest absolute Gasteiger partial charge is 0.309 e. The van der Waals surface area contributed by atoms with Crippen LogP contribution in [0.15, 0.2) is 41.1 Å². The number of ether oxygens (including phenoxy) is 1. The quantitative estimate of drug-likeness (QED) is 0.765. The Bertz CT molecular complexity index is 615. The van der Waals surface area contributed by atoms with Crippen molar-refractivity contribution in [2.75, 3.05) is 7.11 Å². The van der Waals surface area contributed by atoms with E-state index in [1.807, 2.05) is 0 Å². The van der Waals surface area contributed by atoms with Gasteiger partial charge in [0.25, 0.3) is 0 Å². The fraction of sp³-hybridized carbons (Fsp3) is 0.353. The van der Waals surface area contributed by atoms with Crippen LogP contribution in [0.2, 0.25) is 0 Å². The molecule has 0 saturated heterocycles. The van der Waals surface area contributed by atoms with Crippen LogP contribution in [0, 0.1) is 17.3 Å². The first-order valence-corrected chi connectivity index (χ1v) is 8.69. The van der Waals surface area contributed by atoms with Crippen LogP contribution in [-0.2, 0) is 9.53 Å². The van der Waals surface area contributed by atoms with E-state index in [0.29, 0.717) is 0 Å². The van der Waals surface area contributed by atoms with E-state index in [9.17, 15) is 4.79 Å². The van der Waals surface area contributed by atoms with Gasteiger partial charge in [-0.25, -0.2) is 0 Å². The Labute approximate surface area is 133 Å². The maximum Gasteiger partial charge on any atom is 0.309 e. The van der Waals surface area contributed by atoms with Crippen molar-refractivity contribution in [1.82, 2.24) is 0 Å². The molecule has 21 heavy (non-hydrogen) atoms. The van der Waals surface area contributed by atoms with Crippen molar-refractivity contribution in [1.29, 1.82) is 0 Å². The van der Waals surface area contributed by atoms with Gasteiger partial charge in [0, 0.05) is 15.3 Å². The highest BCUT2D eigenvalue weighted by Crippen LogP contribution is 2.60. The number of carbonyl (C=O) groups excluding carboxylic acids is 1. The zero-order chi connectivity index (χ0) is 15.0. The summed E-state index contributed by atoms with van der Waals surface area (Å²) in [6, 6.07) is 8.41. The molecule has 3 rings (SSSR count). The van der Waals surface area contributed by atoms with Gasteiger partial charge >= 0.3 is 5.97 Å². The van der Waals surface area contributed by atoms with Gasteiger partial charge in [0.05, 0.1) is 13.0 Å². The van der Waals surface area contributed by atoms with Gasteiger partial charge in [-0.1, -0.05) is 32.1 Å². The first-order chi connectivity index (χ1) is 10.1. The molecule has 1 aliphatic rings. The molecule has 2 aromatic heterocycles. The summed E-state index contributed by atoms with van der Waals surface area (Å²) in [6.45, 7) is 4.27. The van der Waals surface area contributed by atoms with Crippen LogP contribution in [0.3, 0.4) is 0 Å². The molecule has 0 radical (unpaired) electrons. The molecule has 0 amide bonds. The molecule has 2 aromatic rings. The zero-order valence-corrected chi connectivity index (χ0v) is 14.0. The molecule has 0 bridgehead atoms. The fourth-order valence-electron chi connectivity index (χ4n) is 2.89. The topological polar surface area (TPSA) is 26.3 Å². The summed E-state index contributed by atoms with van der Waals surface area (Å²) in [5.74, 6) is 0.111. The second-order valence-corrected chi connectivity index (χ2v) is 7.78. The van der Waals surface area contributed by atoms with Crippen molar-refractivity contribution < 1.29 is 9.53 Å². The number of rotatable bonds is 4. The van der Waals surface area contributed by atoms with E-state index in [1.165, 1.54) is 22.4 Å². The Kier molecular flexibility index (Phi) is 3.76. The monoisotopic (exact) mass is 318 g/mol. The van der Waals surface area contributed by atoms with Crippen molar-refractivity contribution in [3.05, 3.63) is 50.9 Å². The molecule has 2 nitrogen and oxygen atoms in total. The number of esters is 1. The number of thiophene rings is 2. The van der Waals surface area contributed by atoms with E-state index >= 15 is 0 Å². The van der Waals surface area contributed by atoms with Crippen molar-refractivity contribution in [2.24, 2.45) is 17.3 Å². The average molecular weight is 318 g/mol. The standard InChI is InChI=1S/C17H18O2S2/c1-17(2)12(15(17)16(18)19-3)10-11(13-6-4-8-20-13)14-7-5-9-21-14/h4-10,12,15H,1-3H3. The summed E-state index contributed by atoms with van der Waals surface area (Å²) in [4.78, 5) is 14.4. The normalized spacial score (nSPS) is 22.6. The molecular formula is C17H18O2S2. The Balaban J connectivity index is 1.97. The van der Waals surface area contributed by atoms with Gasteiger partial charge in [0.2, 0.25) is 0 Å². The molecule has 2 atom stereocenters. The van der Waals surface area contributed by atoms with Gasteiger partial charge in [-0.05, 0) is 34.2 Å². The Hall–Kier alpha value is -1.39. The summed E-state index contributed by atoms with van der Waals surface area (Å²) < 4.78 is 4.94. The van der Waals surface area contributed by atoms with E-state index in [2.05, 4.69) is 54.9 Å². The highest BCUT2D eigenvalue weighted by Gasteiger charge is 2.61. The maximum atomic E-state index is 11.9. The van der Waals surface area contributed by atoms with Crippen molar-refractivity contribution in [2.45, 2.75) is 13.8 Å². The van der Waals surface area contributed by atoms with Crippen LogP contribution < -0.4 is 0 Å². The second-order valence-electron chi connectivity index (χ2n) is 5.88. The van der Waals surface area contributed by atoms with Gasteiger partial charge in [-0.3, -0.25) is 4.79 Å². The van der Waals surface area contributed by atoms with Crippen LogP contribution in [0.1, 0.15) is 23.6 Å². The molecule has 0 N–H and O–H groups in total. The lowest BCUT2D eigenvalue weighted by Crippen LogP contribution is -2.07. The molecule has 0 spiro atoms. The lowest BCUT2D eigenvalue weighted by atomic mass is 10.1. The van der Waals surface area contributed by atoms with Crippen LogP contribution >= 0.6 is 22.7 Å². The van der Waals surface area contributed by atoms with Crippen LogP contribution in [0.25, 0.3) is 5.57 Å². The van der Waals surface area contributed by atoms with E-state index in [1.54, 1.807) is 22.7 Å². The minimum absolute atomic E-state index is 0.0210. The van der Waals surface area contributed by atoms with Gasteiger partial charge in [0.15, 0.2) is 0 Å². The van der Waals surface area contributed by atoms with Gasteiger partial charge < -0.3 is 4.74 Å². The average Bonchev–Trinajstić information content (AvgIpc) is 3.00. The summed E-state index contributed by atoms with van der Waals surface area (Å²) >= 11 is 3.47. The largest absolute Gasteiger partial charge is 0.469 e. The summed E-state index contributed by atoms with van der Waals surface area (Å²) in [7, 11) is 1.47. The number of hydrogen-bond donors (Lipinski definition) is 0. The van der Waals surface area contributed by atoms with Crippen LogP contribution in [0.5, 0.6) is 0 Å². The van der Waals surface area contributed by atoms with Gasteiger partial charge in [-0.2, -0.15) is 0 Å². The predicted molar refractivity (Wildman–Crippen MR) is 88.5 cm³/mol. The third-order valence-corrected chi connectivity index (χ3v) is 6.09. The molecular weight excluding hydrogens is 300 g/mol. The maximum absolute atomic E-state index is 11.9. The molecule has 1 fully saturated rings. The SMILES string of the molecule is COC(=O)C1C(C=C(c2cccs2)c2cccs2)C1(C)C. The van der Waals surface area contributed by atoms with Crippen molar-refractivity contribution >= 4 is 34.2 Å². The van der Waals surface area contributed by atoms with Crippen LogP contribution in [-0.4, -0.2) is 13.1 Å². The van der Waals surface area contributed by atoms with E-state index < -0.39 is 0 Å². The molecule has 110 valence electrons. The van der Waals surface area contributed by atoms with Crippen molar-refractivity contribution in [3.8, 4) is 0 Å². The Morgan fingerprint density at radius 2 is 1.76 bits per heavy atom. The minimum atomic E-state index is -0.0991. The molecule has 1 saturated carbocycles. The molecule has 2 heterocycles. The third-order valence-electron chi connectivity index (χ3n) is 4.29. The Morgan fingerprint density at radius 1 is 1.19 bits per heavy atom. The molecule has 0 aliphatic heterocycles. The van der Waals surface area contributed by atoms with E-state index in [0.717, 1.165) is 0 Å². The number of hydrogen-bond acceptors (Lipinski definition) is 4. The number of methoxy groups -OCH3 is 1. The summed E-state index contributed by atoms with van der Waals surface area (Å²) in [5, 5.41) is 4.18. The highest BCUT2D eigenvalue weighted by molar-refractivity contribution is 7.13. The number of carbonyl (C=O) groups is 1. The predicted octanol–water partition coefficient (Wildman–Crippen LogP) is 4.69. The molecule has 1 aliphatic carbocycles.